The van der Waals surface area contributed by atoms with E-state index in [4.69, 9.17) is 18.9 Å². The molecule has 0 spiro atoms. The van der Waals surface area contributed by atoms with E-state index in [1.165, 1.54) is 13.1 Å². The molecule has 10 rings (SSSR count). The number of carbonyl (C=O) groups is 2. The number of carbonyl (C=O) groups excluding carboxylic acids is 2. The zero-order chi connectivity index (χ0) is 54.8. The minimum atomic E-state index is -0.664. The molecule has 0 aliphatic heterocycles. The molecule has 0 aliphatic carbocycles. The first-order valence-corrected chi connectivity index (χ1v) is 26.3. The van der Waals surface area contributed by atoms with E-state index in [0.717, 1.165) is 84.8 Å². The quantitative estimate of drug-likeness (QED) is 0.0356. The van der Waals surface area contributed by atoms with Crippen LogP contribution in [-0.4, -0.2) is 86.3 Å². The zero-order valence-corrected chi connectivity index (χ0v) is 47.4. The van der Waals surface area contributed by atoms with Crippen molar-refractivity contribution in [1.29, 1.82) is 0 Å². The molecule has 10 aromatic rings. The Morgan fingerprint density at radius 3 is 1.32 bits per heavy atom. The molecular formula is C65H69Cl2N5O8. The highest BCUT2D eigenvalue weighted by molar-refractivity contribution is 6.11. The van der Waals surface area contributed by atoms with Gasteiger partial charge < -0.3 is 49.8 Å². The molecule has 7 aromatic carbocycles. The molecule has 0 amide bonds. The van der Waals surface area contributed by atoms with Crippen LogP contribution in [0.5, 0.6) is 34.6 Å². The van der Waals surface area contributed by atoms with Crippen LogP contribution in [-0.2, 0) is 12.8 Å². The van der Waals surface area contributed by atoms with Gasteiger partial charge in [0.05, 0.1) is 11.0 Å². The van der Waals surface area contributed by atoms with E-state index in [0.29, 0.717) is 41.6 Å². The number of benzene rings is 7. The standard InChI is InChI=1S/C33H34N2O4.C32H33N3O4.2ClH/c1-22(36)24-13-17-27(18-14-24)39-26-15-11-23(12-16-26)19-33(2,3)34-20-25(37)21-38-31-10-6-9-30-32(31)28-7-4-5-8-29(28)35-30;1-21(36)23-13-16-30(33-18-23)39-25-14-11-22(12-15-25)17-32(2,3)34-19-24(37)20-38-29-10-6-9-28-31(29)26-7-4-5-8-27(26)35-28;;/h4-18,25,34-35,37H,19-21H2,1-3H3;4-16,18,24,34-35,37H,17,19-20H2,1-3H3;2*1H/t25-;24-;;/m00../s1. The van der Waals surface area contributed by atoms with E-state index < -0.39 is 12.2 Å². The average molecular weight is 1120 g/mol. The first kappa shape index (κ1) is 59.9. The van der Waals surface area contributed by atoms with Crippen molar-refractivity contribution in [3.63, 3.8) is 0 Å². The summed E-state index contributed by atoms with van der Waals surface area (Å²) >= 11 is 0. The van der Waals surface area contributed by atoms with E-state index in [1.54, 1.807) is 43.3 Å². The summed E-state index contributed by atoms with van der Waals surface area (Å²) in [7, 11) is 0. The van der Waals surface area contributed by atoms with Crippen LogP contribution in [0.2, 0.25) is 0 Å². The lowest BCUT2D eigenvalue weighted by atomic mass is 9.94. The van der Waals surface area contributed by atoms with Gasteiger partial charge in [0.2, 0.25) is 5.88 Å². The summed E-state index contributed by atoms with van der Waals surface area (Å²) in [6.07, 6.45) is 1.74. The third-order valence-electron chi connectivity index (χ3n) is 13.5. The number of aromatic amines is 2. The number of aliphatic hydroxyl groups excluding tert-OH is 2. The highest BCUT2D eigenvalue weighted by Gasteiger charge is 2.22. The lowest BCUT2D eigenvalue weighted by Gasteiger charge is -2.28. The van der Waals surface area contributed by atoms with E-state index in [-0.39, 0.29) is 60.7 Å². The summed E-state index contributed by atoms with van der Waals surface area (Å²) in [6.45, 7) is 12.7. The largest absolute Gasteiger partial charge is 0.490 e. The second-order valence-corrected chi connectivity index (χ2v) is 21.0. The van der Waals surface area contributed by atoms with Crippen molar-refractivity contribution in [2.45, 2.75) is 77.7 Å². The van der Waals surface area contributed by atoms with Crippen molar-refractivity contribution in [3.8, 4) is 34.6 Å². The Kier molecular flexibility index (Phi) is 20.2. The number of Topliss-reactive ketones (excluding diaryl/α,β-unsaturated/α-hetero) is 2. The van der Waals surface area contributed by atoms with Crippen molar-refractivity contribution < 1.29 is 38.7 Å². The molecule has 0 saturated carbocycles. The molecule has 0 unspecified atom stereocenters. The smallest absolute Gasteiger partial charge is 0.219 e. The van der Waals surface area contributed by atoms with Crippen LogP contribution in [0.15, 0.2) is 176 Å². The van der Waals surface area contributed by atoms with E-state index >= 15 is 0 Å². The van der Waals surface area contributed by atoms with Gasteiger partial charge in [0.15, 0.2) is 11.6 Å². The van der Waals surface area contributed by atoms with Gasteiger partial charge in [0.1, 0.15) is 54.2 Å². The number of para-hydroxylation sites is 2. The van der Waals surface area contributed by atoms with Gasteiger partial charge in [0, 0.05) is 80.1 Å². The van der Waals surface area contributed by atoms with Crippen LogP contribution in [0.3, 0.4) is 0 Å². The topological polar surface area (TPSA) is 180 Å². The number of halogens is 2. The van der Waals surface area contributed by atoms with Gasteiger partial charge in [-0.15, -0.1) is 24.8 Å². The first-order valence-electron chi connectivity index (χ1n) is 26.3. The average Bonchev–Trinajstić information content (AvgIpc) is 4.04. The van der Waals surface area contributed by atoms with Crippen LogP contribution < -0.4 is 29.6 Å². The van der Waals surface area contributed by atoms with Crippen LogP contribution in [0, 0.1) is 0 Å². The SMILES string of the molecule is CC(=O)c1ccc(Oc2ccc(CC(C)(C)NC[C@H](O)COc3cccc4[nH]c5ccccc5c34)cc2)cc1.CC(=O)c1ccc(Oc2ccc(CC(C)(C)NC[C@H](O)COc3cccc4[nH]c5ccccc5c34)cc2)nc1.Cl.Cl. The maximum absolute atomic E-state index is 11.4. The zero-order valence-electron chi connectivity index (χ0n) is 45.7. The number of ketones is 2. The van der Waals surface area contributed by atoms with E-state index in [1.807, 2.05) is 115 Å². The fraction of sp³-hybridized carbons (Fsp3) is 0.246. The summed E-state index contributed by atoms with van der Waals surface area (Å²) in [4.78, 5) is 33.9. The van der Waals surface area contributed by atoms with Gasteiger partial charge in [0.25, 0.3) is 0 Å². The van der Waals surface area contributed by atoms with Crippen molar-refractivity contribution in [2.75, 3.05) is 26.3 Å². The number of aliphatic hydroxyl groups is 2. The second kappa shape index (κ2) is 26.9. The van der Waals surface area contributed by atoms with Crippen LogP contribution >= 0.6 is 24.8 Å². The Morgan fingerprint density at radius 1 is 0.500 bits per heavy atom. The number of nitrogens with one attached hydrogen (secondary N) is 4. The molecule has 80 heavy (non-hydrogen) atoms. The number of aromatic nitrogens is 3. The minimum Gasteiger partial charge on any atom is -0.490 e. The summed E-state index contributed by atoms with van der Waals surface area (Å²) in [5.41, 5.74) is 7.19. The Balaban J connectivity index is 0.000000225. The maximum Gasteiger partial charge on any atom is 0.219 e. The highest BCUT2D eigenvalue weighted by Crippen LogP contribution is 2.35. The number of pyridine rings is 1. The van der Waals surface area contributed by atoms with Gasteiger partial charge in [-0.1, -0.05) is 72.8 Å². The Hall–Kier alpha value is -7.75. The van der Waals surface area contributed by atoms with Crippen molar-refractivity contribution >= 4 is 80.0 Å². The monoisotopic (exact) mass is 1120 g/mol. The molecular weight excluding hydrogens is 1050 g/mol. The second-order valence-electron chi connectivity index (χ2n) is 21.0. The third kappa shape index (κ3) is 15.8. The lowest BCUT2D eigenvalue weighted by Crippen LogP contribution is -2.46. The van der Waals surface area contributed by atoms with Crippen molar-refractivity contribution in [2.24, 2.45) is 0 Å². The molecule has 3 heterocycles. The molecule has 0 radical (unpaired) electrons. The molecule has 0 fully saturated rings. The Morgan fingerprint density at radius 2 is 0.900 bits per heavy atom. The molecule has 15 heteroatoms. The number of H-pyrrole nitrogens is 2. The molecule has 0 bridgehead atoms. The van der Waals surface area contributed by atoms with Crippen LogP contribution in [0.1, 0.15) is 73.4 Å². The number of ether oxygens (including phenoxy) is 4. The fourth-order valence-corrected chi connectivity index (χ4v) is 9.41. The predicted molar refractivity (Wildman–Crippen MR) is 324 cm³/mol. The van der Waals surface area contributed by atoms with Gasteiger partial charge in [-0.3, -0.25) is 9.59 Å². The lowest BCUT2D eigenvalue weighted by molar-refractivity contribution is 0.0996. The molecule has 6 N–H and O–H groups in total. The highest BCUT2D eigenvalue weighted by atomic mass is 35.5. The van der Waals surface area contributed by atoms with Gasteiger partial charge in [-0.05, 0) is 157 Å². The predicted octanol–water partition coefficient (Wildman–Crippen LogP) is 13.6. The summed E-state index contributed by atoms with van der Waals surface area (Å²) < 4.78 is 23.8. The molecule has 0 aliphatic rings. The fourth-order valence-electron chi connectivity index (χ4n) is 9.41. The Bertz CT molecular complexity index is 3400. The maximum atomic E-state index is 11.4. The third-order valence-corrected chi connectivity index (χ3v) is 13.5. The Labute approximate surface area is 478 Å². The first-order chi connectivity index (χ1) is 37.5. The number of β-amino-alcohol motifs (C(OH)–C–C–N with tert-alkyl or cyclic N) is 2. The molecule has 13 nitrogen and oxygen atoms in total. The van der Waals surface area contributed by atoms with Crippen molar-refractivity contribution in [3.05, 3.63) is 198 Å². The van der Waals surface area contributed by atoms with E-state index in [2.05, 4.69) is 71.5 Å². The number of rotatable bonds is 22. The number of nitrogens with zero attached hydrogens (tertiary/aromatic N) is 1. The summed E-state index contributed by atoms with van der Waals surface area (Å²) in [6, 6.07) is 54.5. The van der Waals surface area contributed by atoms with Crippen LogP contribution in [0.4, 0.5) is 0 Å². The molecule has 2 atom stereocenters. The number of fused-ring (bicyclic) bond motifs is 6. The summed E-state index contributed by atoms with van der Waals surface area (Å²) in [5, 5.41) is 32.6. The molecule has 3 aromatic heterocycles. The van der Waals surface area contributed by atoms with Gasteiger partial charge in [-0.25, -0.2) is 4.98 Å². The molecule has 416 valence electrons. The summed E-state index contributed by atoms with van der Waals surface area (Å²) in [5.74, 6) is 4.06. The van der Waals surface area contributed by atoms with Gasteiger partial charge >= 0.3 is 0 Å². The number of hydrogen-bond acceptors (Lipinski definition) is 11. The van der Waals surface area contributed by atoms with E-state index in [9.17, 15) is 19.8 Å². The number of hydrogen-bond donors (Lipinski definition) is 6. The normalized spacial score (nSPS) is 12.2. The van der Waals surface area contributed by atoms with Crippen LogP contribution in [0.25, 0.3) is 43.6 Å². The van der Waals surface area contributed by atoms with Crippen molar-refractivity contribution in [1.82, 2.24) is 25.6 Å². The van der Waals surface area contributed by atoms with Gasteiger partial charge in [-0.2, -0.15) is 0 Å². The minimum absolute atomic E-state index is 0. The molecule has 0 saturated heterocycles.